The average molecular weight is 458 g/mol. The molecule has 2 heterocycles. The van der Waals surface area contributed by atoms with Crippen LogP contribution in [0.2, 0.25) is 5.02 Å². The molecule has 1 saturated heterocycles. The number of rotatable bonds is 3. The van der Waals surface area contributed by atoms with E-state index in [4.69, 9.17) is 11.6 Å². The van der Waals surface area contributed by atoms with E-state index >= 15 is 0 Å². The first-order chi connectivity index (χ1) is 14.9. The van der Waals surface area contributed by atoms with E-state index in [0.717, 1.165) is 23.7 Å². The number of fused-ring (bicyclic) bond motifs is 3. The molecule has 2 aliphatic rings. The molecular weight excluding hydrogens is 434 g/mol. The molecule has 1 N–H and O–H groups in total. The summed E-state index contributed by atoms with van der Waals surface area (Å²) in [6, 6.07) is 12.3. The van der Waals surface area contributed by atoms with Crippen LogP contribution < -0.4 is 0 Å². The molecular formula is C23H24ClN3O3S. The van der Waals surface area contributed by atoms with Crippen LogP contribution in [0.5, 0.6) is 0 Å². The quantitative estimate of drug-likeness (QED) is 0.649. The normalized spacial score (nSPS) is 17.6. The Hall–Kier alpha value is -2.35. The molecule has 31 heavy (non-hydrogen) atoms. The van der Waals surface area contributed by atoms with Crippen molar-refractivity contribution in [2.45, 2.75) is 30.6 Å². The lowest BCUT2D eigenvalue weighted by molar-refractivity contribution is 0.0698. The Balaban J connectivity index is 1.33. The Labute approximate surface area is 186 Å². The van der Waals surface area contributed by atoms with Crippen molar-refractivity contribution in [2.24, 2.45) is 0 Å². The Morgan fingerprint density at radius 1 is 0.968 bits per heavy atom. The summed E-state index contributed by atoms with van der Waals surface area (Å²) in [5.74, 6) is -0.0533. The van der Waals surface area contributed by atoms with E-state index in [-0.39, 0.29) is 28.9 Å². The van der Waals surface area contributed by atoms with Crippen LogP contribution in [-0.4, -0.2) is 54.7 Å². The van der Waals surface area contributed by atoms with E-state index in [9.17, 15) is 13.2 Å². The van der Waals surface area contributed by atoms with Gasteiger partial charge in [0.15, 0.2) is 0 Å². The summed E-state index contributed by atoms with van der Waals surface area (Å²) in [6.45, 7) is 1.21. The number of halogens is 1. The van der Waals surface area contributed by atoms with Crippen molar-refractivity contribution < 1.29 is 13.2 Å². The number of H-pyrrole nitrogens is 1. The van der Waals surface area contributed by atoms with Crippen molar-refractivity contribution in [3.05, 3.63) is 64.3 Å². The maximum absolute atomic E-state index is 13.1. The van der Waals surface area contributed by atoms with Gasteiger partial charge in [-0.1, -0.05) is 23.7 Å². The number of benzene rings is 2. The second-order valence-corrected chi connectivity index (χ2v) is 10.5. The zero-order valence-electron chi connectivity index (χ0n) is 17.1. The van der Waals surface area contributed by atoms with Gasteiger partial charge in [-0.3, -0.25) is 4.79 Å². The van der Waals surface area contributed by atoms with E-state index in [1.807, 2.05) is 18.2 Å². The second kappa shape index (κ2) is 7.97. The van der Waals surface area contributed by atoms with Gasteiger partial charge in [-0.25, -0.2) is 8.42 Å². The van der Waals surface area contributed by atoms with E-state index in [1.54, 1.807) is 23.1 Å². The molecule has 3 aromatic rings. The molecule has 2 aromatic carbocycles. The number of piperazine rings is 1. The van der Waals surface area contributed by atoms with Crippen molar-refractivity contribution >= 4 is 38.4 Å². The minimum Gasteiger partial charge on any atom is -0.358 e. The number of nitrogens with zero attached hydrogens (tertiary/aromatic N) is 2. The fourth-order valence-corrected chi connectivity index (χ4v) is 6.56. The molecule has 8 heteroatoms. The number of sulfonamides is 1. The van der Waals surface area contributed by atoms with Gasteiger partial charge in [-0.05, 0) is 61.6 Å². The standard InChI is InChI=1S/C23H24ClN3O3S/c24-19-6-2-4-8-22(19)31(29,30)27-13-11-26(12-14-27)23(28)16-9-10-21-18(15-16)17-5-1-3-7-20(17)25-21/h2,4,6,8-10,15,25H,1,3,5,7,11-14H2. The van der Waals surface area contributed by atoms with Crippen LogP contribution in [-0.2, 0) is 22.9 Å². The molecule has 1 aromatic heterocycles. The Bertz CT molecular complexity index is 1260. The number of amides is 1. The van der Waals surface area contributed by atoms with E-state index in [2.05, 4.69) is 4.98 Å². The van der Waals surface area contributed by atoms with Crippen LogP contribution in [0.15, 0.2) is 47.4 Å². The minimum absolute atomic E-state index is 0.0533. The number of aromatic nitrogens is 1. The van der Waals surface area contributed by atoms with Crippen LogP contribution >= 0.6 is 11.6 Å². The van der Waals surface area contributed by atoms with Crippen molar-refractivity contribution in [1.82, 2.24) is 14.2 Å². The summed E-state index contributed by atoms with van der Waals surface area (Å²) in [6.07, 6.45) is 4.49. The average Bonchev–Trinajstić information content (AvgIpc) is 3.17. The molecule has 0 spiro atoms. The fraction of sp³-hybridized carbons (Fsp3) is 0.348. The van der Waals surface area contributed by atoms with Crippen LogP contribution in [0, 0.1) is 0 Å². The van der Waals surface area contributed by atoms with Crippen LogP contribution in [0.1, 0.15) is 34.5 Å². The minimum atomic E-state index is -3.68. The predicted molar refractivity (Wildman–Crippen MR) is 121 cm³/mol. The third-order valence-electron chi connectivity index (χ3n) is 6.33. The third kappa shape index (κ3) is 3.64. The first-order valence-electron chi connectivity index (χ1n) is 10.6. The van der Waals surface area contributed by atoms with Gasteiger partial charge in [0.25, 0.3) is 5.91 Å². The highest BCUT2D eigenvalue weighted by atomic mass is 35.5. The molecule has 0 unspecified atom stereocenters. The lowest BCUT2D eigenvalue weighted by atomic mass is 9.95. The lowest BCUT2D eigenvalue weighted by Gasteiger charge is -2.34. The second-order valence-electron chi connectivity index (χ2n) is 8.18. The molecule has 1 amide bonds. The van der Waals surface area contributed by atoms with Gasteiger partial charge in [0, 0.05) is 48.3 Å². The molecule has 0 bridgehead atoms. The highest BCUT2D eigenvalue weighted by Crippen LogP contribution is 2.30. The zero-order chi connectivity index (χ0) is 21.6. The number of nitrogens with one attached hydrogen (secondary N) is 1. The largest absolute Gasteiger partial charge is 0.358 e. The molecule has 0 saturated carbocycles. The van der Waals surface area contributed by atoms with E-state index < -0.39 is 10.0 Å². The Kier molecular flexibility index (Phi) is 5.28. The highest BCUT2D eigenvalue weighted by molar-refractivity contribution is 7.89. The molecule has 5 rings (SSSR count). The monoisotopic (exact) mass is 457 g/mol. The number of carbonyl (C=O) groups is 1. The van der Waals surface area contributed by atoms with Gasteiger partial charge < -0.3 is 9.88 Å². The van der Waals surface area contributed by atoms with E-state index in [1.165, 1.54) is 34.5 Å². The predicted octanol–water partition coefficient (Wildman–Crippen LogP) is 3.85. The molecule has 1 aliphatic heterocycles. The van der Waals surface area contributed by atoms with Crippen molar-refractivity contribution in [2.75, 3.05) is 26.2 Å². The number of aryl methyl sites for hydroxylation is 2. The summed E-state index contributed by atoms with van der Waals surface area (Å²) in [5.41, 5.74) is 4.37. The maximum atomic E-state index is 13.1. The highest BCUT2D eigenvalue weighted by Gasteiger charge is 2.31. The smallest absolute Gasteiger partial charge is 0.253 e. The van der Waals surface area contributed by atoms with Gasteiger partial charge in [-0.2, -0.15) is 4.31 Å². The van der Waals surface area contributed by atoms with Crippen molar-refractivity contribution in [3.63, 3.8) is 0 Å². The van der Waals surface area contributed by atoms with Crippen molar-refractivity contribution in [3.8, 4) is 0 Å². The summed E-state index contributed by atoms with van der Waals surface area (Å²) in [4.78, 5) is 18.5. The van der Waals surface area contributed by atoms with Crippen LogP contribution in [0.25, 0.3) is 10.9 Å². The summed E-state index contributed by atoms with van der Waals surface area (Å²) in [7, 11) is -3.68. The number of aromatic amines is 1. The topological polar surface area (TPSA) is 73.5 Å². The molecule has 0 radical (unpaired) electrons. The Morgan fingerprint density at radius 2 is 1.71 bits per heavy atom. The van der Waals surface area contributed by atoms with Gasteiger partial charge in [0.1, 0.15) is 4.90 Å². The molecule has 1 fully saturated rings. The first kappa shape index (κ1) is 20.5. The zero-order valence-corrected chi connectivity index (χ0v) is 18.7. The van der Waals surface area contributed by atoms with Gasteiger partial charge in [0.05, 0.1) is 5.02 Å². The summed E-state index contributed by atoms with van der Waals surface area (Å²) >= 11 is 6.10. The summed E-state index contributed by atoms with van der Waals surface area (Å²) < 4.78 is 27.3. The molecule has 6 nitrogen and oxygen atoms in total. The number of hydrogen-bond donors (Lipinski definition) is 1. The number of carbonyl (C=O) groups excluding carboxylic acids is 1. The van der Waals surface area contributed by atoms with Gasteiger partial charge in [0.2, 0.25) is 10.0 Å². The van der Waals surface area contributed by atoms with Gasteiger partial charge in [-0.15, -0.1) is 0 Å². The van der Waals surface area contributed by atoms with Gasteiger partial charge >= 0.3 is 0 Å². The maximum Gasteiger partial charge on any atom is 0.253 e. The SMILES string of the molecule is O=C(c1ccc2[nH]c3c(c2c1)CCCC3)N1CCN(S(=O)(=O)c2ccccc2Cl)CC1. The fourth-order valence-electron chi connectivity index (χ4n) is 4.65. The summed E-state index contributed by atoms with van der Waals surface area (Å²) in [5, 5.41) is 1.35. The molecule has 1 aliphatic carbocycles. The van der Waals surface area contributed by atoms with E-state index in [0.29, 0.717) is 18.7 Å². The molecule has 0 atom stereocenters. The first-order valence-corrected chi connectivity index (χ1v) is 12.4. The van der Waals surface area contributed by atoms with Crippen LogP contribution in [0.3, 0.4) is 0 Å². The van der Waals surface area contributed by atoms with Crippen molar-refractivity contribution in [1.29, 1.82) is 0 Å². The lowest BCUT2D eigenvalue weighted by Crippen LogP contribution is -2.50. The number of hydrogen-bond acceptors (Lipinski definition) is 3. The molecule has 162 valence electrons. The Morgan fingerprint density at radius 3 is 2.48 bits per heavy atom. The van der Waals surface area contributed by atoms with Crippen LogP contribution in [0.4, 0.5) is 0 Å². The third-order valence-corrected chi connectivity index (χ3v) is 8.72.